The zero-order valence-electron chi connectivity index (χ0n) is 17.2. The quantitative estimate of drug-likeness (QED) is 0.605. The number of thiazole rings is 1. The maximum absolute atomic E-state index is 14.9. The molecule has 1 amide bonds. The molecule has 2 heterocycles. The molecule has 1 fully saturated rings. The SMILES string of the molecule is CC(=O)N[C@@H](C)c1cc(C2CC(Oc3ccc4nc(C(C)(C)O)sc4c3F)C2)no1. The van der Waals surface area contributed by atoms with Crippen LogP contribution in [0.5, 0.6) is 5.75 Å². The van der Waals surface area contributed by atoms with Crippen molar-refractivity contribution in [3.8, 4) is 5.75 Å². The Morgan fingerprint density at radius 1 is 1.43 bits per heavy atom. The molecule has 3 aromatic rings. The molecule has 1 saturated carbocycles. The molecular formula is C21H24FN3O4S. The first-order chi connectivity index (χ1) is 14.1. The van der Waals surface area contributed by atoms with Crippen LogP contribution in [0.1, 0.15) is 69.0 Å². The molecule has 0 unspecified atom stereocenters. The summed E-state index contributed by atoms with van der Waals surface area (Å²) in [7, 11) is 0. The molecule has 4 rings (SSSR count). The number of ether oxygens (including phenoxy) is 1. The summed E-state index contributed by atoms with van der Waals surface area (Å²) in [4.78, 5) is 15.5. The Morgan fingerprint density at radius 2 is 2.17 bits per heavy atom. The monoisotopic (exact) mass is 433 g/mol. The molecule has 30 heavy (non-hydrogen) atoms. The lowest BCUT2D eigenvalue weighted by Gasteiger charge is -2.34. The summed E-state index contributed by atoms with van der Waals surface area (Å²) in [5.74, 6) is 0.392. The van der Waals surface area contributed by atoms with Crippen LogP contribution < -0.4 is 10.1 Å². The molecule has 9 heteroatoms. The van der Waals surface area contributed by atoms with Crippen molar-refractivity contribution in [1.82, 2.24) is 15.5 Å². The van der Waals surface area contributed by atoms with E-state index in [0.717, 1.165) is 17.0 Å². The highest BCUT2D eigenvalue weighted by molar-refractivity contribution is 7.18. The Kier molecular flexibility index (Phi) is 5.27. The van der Waals surface area contributed by atoms with E-state index in [-0.39, 0.29) is 29.7 Å². The fraction of sp³-hybridized carbons (Fsp3) is 0.476. The van der Waals surface area contributed by atoms with Crippen LogP contribution in [-0.4, -0.2) is 27.3 Å². The number of halogens is 1. The van der Waals surface area contributed by atoms with E-state index in [1.165, 1.54) is 6.92 Å². The van der Waals surface area contributed by atoms with E-state index < -0.39 is 11.4 Å². The van der Waals surface area contributed by atoms with Crippen molar-refractivity contribution in [2.45, 2.75) is 64.2 Å². The predicted molar refractivity (Wildman–Crippen MR) is 110 cm³/mol. The summed E-state index contributed by atoms with van der Waals surface area (Å²) < 4.78 is 26.5. The second-order valence-electron chi connectivity index (χ2n) is 8.29. The van der Waals surface area contributed by atoms with Crippen molar-refractivity contribution < 1.29 is 23.6 Å². The van der Waals surface area contributed by atoms with Crippen molar-refractivity contribution in [1.29, 1.82) is 0 Å². The van der Waals surface area contributed by atoms with Crippen LogP contribution in [0, 0.1) is 5.82 Å². The van der Waals surface area contributed by atoms with Gasteiger partial charge < -0.3 is 19.7 Å². The number of rotatable bonds is 6. The van der Waals surface area contributed by atoms with Crippen LogP contribution in [0.2, 0.25) is 0 Å². The fourth-order valence-corrected chi connectivity index (χ4v) is 4.45. The van der Waals surface area contributed by atoms with Crippen molar-refractivity contribution in [2.24, 2.45) is 0 Å². The second kappa shape index (κ2) is 7.63. The van der Waals surface area contributed by atoms with Crippen LogP contribution in [-0.2, 0) is 10.4 Å². The molecule has 1 atom stereocenters. The van der Waals surface area contributed by atoms with Crippen LogP contribution in [0.3, 0.4) is 0 Å². The van der Waals surface area contributed by atoms with Gasteiger partial charge in [-0.25, -0.2) is 9.37 Å². The minimum Gasteiger partial charge on any atom is -0.487 e. The van der Waals surface area contributed by atoms with Gasteiger partial charge in [0.1, 0.15) is 16.7 Å². The zero-order chi connectivity index (χ0) is 21.6. The number of carbonyl (C=O) groups excluding carboxylic acids is 1. The number of benzene rings is 1. The van der Waals surface area contributed by atoms with Crippen molar-refractivity contribution >= 4 is 27.5 Å². The maximum atomic E-state index is 14.9. The summed E-state index contributed by atoms with van der Waals surface area (Å²) in [6, 6.07) is 4.90. The minimum absolute atomic E-state index is 0.114. The first kappa shape index (κ1) is 20.7. The molecule has 2 aromatic heterocycles. The smallest absolute Gasteiger partial charge is 0.217 e. The highest BCUT2D eigenvalue weighted by Gasteiger charge is 2.35. The number of carbonyl (C=O) groups is 1. The Labute approximate surface area is 177 Å². The van der Waals surface area contributed by atoms with Gasteiger partial charge in [0.15, 0.2) is 17.3 Å². The van der Waals surface area contributed by atoms with Gasteiger partial charge in [-0.2, -0.15) is 0 Å². The number of aromatic nitrogens is 2. The molecule has 0 aliphatic heterocycles. The predicted octanol–water partition coefficient (Wildman–Crippen LogP) is 4.17. The highest BCUT2D eigenvalue weighted by atomic mass is 32.1. The van der Waals surface area contributed by atoms with E-state index in [2.05, 4.69) is 15.5 Å². The number of nitrogens with zero attached hydrogens (tertiary/aromatic N) is 2. The van der Waals surface area contributed by atoms with Gasteiger partial charge in [-0.3, -0.25) is 4.79 Å². The van der Waals surface area contributed by atoms with Crippen LogP contribution in [0.4, 0.5) is 4.39 Å². The molecule has 1 aliphatic carbocycles. The number of aliphatic hydroxyl groups is 1. The number of hydrogen-bond acceptors (Lipinski definition) is 7. The second-order valence-corrected chi connectivity index (χ2v) is 9.29. The molecule has 1 aromatic carbocycles. The minimum atomic E-state index is -1.12. The first-order valence-corrected chi connectivity index (χ1v) is 10.7. The molecule has 0 radical (unpaired) electrons. The third-order valence-electron chi connectivity index (χ3n) is 5.18. The highest BCUT2D eigenvalue weighted by Crippen LogP contribution is 2.41. The van der Waals surface area contributed by atoms with E-state index >= 15 is 0 Å². The molecule has 0 spiro atoms. The van der Waals surface area contributed by atoms with E-state index in [1.807, 2.05) is 13.0 Å². The molecule has 0 saturated heterocycles. The van der Waals surface area contributed by atoms with Gasteiger partial charge in [-0.05, 0) is 45.7 Å². The Balaban J connectivity index is 1.40. The summed E-state index contributed by atoms with van der Waals surface area (Å²) in [6.45, 7) is 6.54. The van der Waals surface area contributed by atoms with E-state index in [0.29, 0.717) is 33.8 Å². The van der Waals surface area contributed by atoms with Crippen LogP contribution in [0.25, 0.3) is 10.2 Å². The lowest BCUT2D eigenvalue weighted by Crippen LogP contribution is -2.32. The number of amides is 1. The van der Waals surface area contributed by atoms with Crippen LogP contribution in [0.15, 0.2) is 22.7 Å². The standard InChI is InChI=1S/C21H24FN3O4S/c1-10(23-11(2)26)17-9-15(25-29-17)12-7-13(8-12)28-16-6-5-14-19(18(16)22)30-20(24-14)21(3,4)27/h5-6,9-10,12-13,27H,7-8H2,1-4H3,(H,23,26)/t10-,12?,13?/m0/s1. The van der Waals surface area contributed by atoms with Gasteiger partial charge in [-0.15, -0.1) is 11.3 Å². The van der Waals surface area contributed by atoms with Crippen molar-refractivity contribution in [3.05, 3.63) is 40.5 Å². The normalized spacial score (nSPS) is 20.1. The average Bonchev–Trinajstić information content (AvgIpc) is 3.26. The topological polar surface area (TPSA) is 97.5 Å². The van der Waals surface area contributed by atoms with Crippen LogP contribution >= 0.6 is 11.3 Å². The number of nitrogens with one attached hydrogen (secondary N) is 1. The van der Waals surface area contributed by atoms with Crippen molar-refractivity contribution in [3.63, 3.8) is 0 Å². The lowest BCUT2D eigenvalue weighted by atomic mass is 9.80. The summed E-state index contributed by atoms with van der Waals surface area (Å²) in [6.07, 6.45) is 1.29. The summed E-state index contributed by atoms with van der Waals surface area (Å²) >= 11 is 1.14. The van der Waals surface area contributed by atoms with Gasteiger partial charge in [0.2, 0.25) is 5.91 Å². The maximum Gasteiger partial charge on any atom is 0.217 e. The van der Waals surface area contributed by atoms with Gasteiger partial charge in [0.25, 0.3) is 0 Å². The van der Waals surface area contributed by atoms with E-state index in [4.69, 9.17) is 9.26 Å². The molecule has 2 N–H and O–H groups in total. The van der Waals surface area contributed by atoms with Gasteiger partial charge in [0.05, 0.1) is 22.0 Å². The largest absolute Gasteiger partial charge is 0.487 e. The third-order valence-corrected chi connectivity index (χ3v) is 6.56. The number of fused-ring (bicyclic) bond motifs is 1. The molecule has 0 bridgehead atoms. The molecule has 1 aliphatic rings. The Bertz CT molecular complexity index is 1080. The lowest BCUT2D eigenvalue weighted by molar-refractivity contribution is -0.119. The summed E-state index contributed by atoms with van der Waals surface area (Å²) in [5.41, 5.74) is 0.207. The molecular weight excluding hydrogens is 409 g/mol. The third kappa shape index (κ3) is 4.04. The zero-order valence-corrected chi connectivity index (χ0v) is 18.0. The van der Waals surface area contributed by atoms with Crippen molar-refractivity contribution in [2.75, 3.05) is 0 Å². The average molecular weight is 434 g/mol. The summed E-state index contributed by atoms with van der Waals surface area (Å²) in [5, 5.41) is 17.5. The Morgan fingerprint density at radius 3 is 2.83 bits per heavy atom. The van der Waals surface area contributed by atoms with Gasteiger partial charge in [-0.1, -0.05) is 5.16 Å². The molecule has 160 valence electrons. The Hall–Kier alpha value is -2.52. The van der Waals surface area contributed by atoms with E-state index in [1.54, 1.807) is 26.0 Å². The van der Waals surface area contributed by atoms with Gasteiger partial charge >= 0.3 is 0 Å². The fourth-order valence-electron chi connectivity index (χ4n) is 3.45. The molecule has 7 nitrogen and oxygen atoms in total. The van der Waals surface area contributed by atoms with Gasteiger partial charge in [0, 0.05) is 18.9 Å². The number of hydrogen-bond donors (Lipinski definition) is 2. The first-order valence-electron chi connectivity index (χ1n) is 9.84. The van der Waals surface area contributed by atoms with E-state index in [9.17, 15) is 14.3 Å².